The number of allylic oxidation sites excluding steroid dienone is 6. The maximum absolute atomic E-state index is 12.5. The molecule has 0 saturated carbocycles. The van der Waals surface area contributed by atoms with E-state index in [0.717, 1.165) is 64.2 Å². The Kier molecular flexibility index (Phi) is 59.0. The molecule has 6 heteroatoms. The number of carbonyl (C=O) groups excluding carboxylic acids is 2. The molecule has 3 N–H and O–H groups in total. The minimum absolute atomic E-state index is 0.0153. The summed E-state index contributed by atoms with van der Waals surface area (Å²) in [5.74, 6) is -0.0599. The highest BCUT2D eigenvalue weighted by Crippen LogP contribution is 2.18. The van der Waals surface area contributed by atoms with Gasteiger partial charge in [0.05, 0.1) is 25.4 Å². The Morgan fingerprint density at radius 3 is 1.11 bits per heavy atom. The monoisotopic (exact) mass is 998 g/mol. The van der Waals surface area contributed by atoms with E-state index < -0.39 is 12.1 Å². The number of carbonyl (C=O) groups is 2. The average molecular weight is 999 g/mol. The maximum Gasteiger partial charge on any atom is 0.305 e. The molecular formula is C65H123NO5. The summed E-state index contributed by atoms with van der Waals surface area (Å²) >= 11 is 0. The predicted molar refractivity (Wildman–Crippen MR) is 310 cm³/mol. The zero-order valence-corrected chi connectivity index (χ0v) is 47.7. The second-order valence-corrected chi connectivity index (χ2v) is 21.7. The summed E-state index contributed by atoms with van der Waals surface area (Å²) in [4.78, 5) is 24.6. The molecule has 0 rings (SSSR count). The molecule has 418 valence electrons. The van der Waals surface area contributed by atoms with E-state index in [9.17, 15) is 19.8 Å². The first-order chi connectivity index (χ1) is 35.0. The van der Waals surface area contributed by atoms with Crippen LogP contribution in [0.25, 0.3) is 0 Å². The molecule has 0 bridgehead atoms. The first kappa shape index (κ1) is 69.1. The number of nitrogens with one attached hydrogen (secondary N) is 1. The largest absolute Gasteiger partial charge is 0.466 e. The van der Waals surface area contributed by atoms with Crippen LogP contribution in [0.2, 0.25) is 0 Å². The molecule has 2 atom stereocenters. The second kappa shape index (κ2) is 60.6. The van der Waals surface area contributed by atoms with Crippen LogP contribution in [0, 0.1) is 0 Å². The van der Waals surface area contributed by atoms with Crippen molar-refractivity contribution >= 4 is 11.9 Å². The van der Waals surface area contributed by atoms with E-state index in [1.165, 1.54) is 244 Å². The lowest BCUT2D eigenvalue weighted by molar-refractivity contribution is -0.143. The first-order valence-electron chi connectivity index (χ1n) is 31.7. The molecular weight excluding hydrogens is 875 g/mol. The molecule has 0 saturated heterocycles. The maximum atomic E-state index is 12.5. The summed E-state index contributed by atoms with van der Waals surface area (Å²) in [6.07, 6.45) is 75.8. The van der Waals surface area contributed by atoms with Gasteiger partial charge in [-0.2, -0.15) is 0 Å². The van der Waals surface area contributed by atoms with E-state index in [1.807, 2.05) is 0 Å². The Morgan fingerprint density at radius 2 is 0.704 bits per heavy atom. The van der Waals surface area contributed by atoms with Gasteiger partial charge in [-0.1, -0.05) is 281 Å². The number of rotatable bonds is 59. The average Bonchev–Trinajstić information content (AvgIpc) is 3.37. The molecule has 0 aliphatic carbocycles. The van der Waals surface area contributed by atoms with E-state index in [2.05, 4.69) is 55.6 Å². The van der Waals surface area contributed by atoms with E-state index in [4.69, 9.17) is 4.74 Å². The fourth-order valence-electron chi connectivity index (χ4n) is 9.78. The van der Waals surface area contributed by atoms with E-state index in [1.54, 1.807) is 0 Å². The number of hydrogen-bond acceptors (Lipinski definition) is 5. The Morgan fingerprint density at radius 1 is 0.394 bits per heavy atom. The number of ether oxygens (including phenoxy) is 1. The molecule has 0 spiro atoms. The summed E-state index contributed by atoms with van der Waals surface area (Å²) in [6, 6.07) is -0.552. The van der Waals surface area contributed by atoms with E-state index >= 15 is 0 Å². The third kappa shape index (κ3) is 57.2. The number of amides is 1. The molecule has 2 unspecified atom stereocenters. The molecule has 6 nitrogen and oxygen atoms in total. The van der Waals surface area contributed by atoms with E-state index in [0.29, 0.717) is 25.9 Å². The first-order valence-corrected chi connectivity index (χ1v) is 31.7. The van der Waals surface area contributed by atoms with Crippen LogP contribution in [0.1, 0.15) is 341 Å². The lowest BCUT2D eigenvalue weighted by Gasteiger charge is -2.22. The van der Waals surface area contributed by atoms with Crippen molar-refractivity contribution in [2.75, 3.05) is 13.2 Å². The summed E-state index contributed by atoms with van der Waals surface area (Å²) in [5, 5.41) is 23.4. The van der Waals surface area contributed by atoms with Gasteiger partial charge in [0.25, 0.3) is 0 Å². The molecule has 0 heterocycles. The van der Waals surface area contributed by atoms with Crippen molar-refractivity contribution in [2.45, 2.75) is 353 Å². The summed E-state index contributed by atoms with van der Waals surface area (Å²) in [7, 11) is 0. The van der Waals surface area contributed by atoms with Gasteiger partial charge in [0.1, 0.15) is 0 Å². The van der Waals surface area contributed by atoms with Crippen molar-refractivity contribution in [3.8, 4) is 0 Å². The number of aliphatic hydroxyl groups is 2. The van der Waals surface area contributed by atoms with Gasteiger partial charge in [0.15, 0.2) is 0 Å². The fourth-order valence-corrected chi connectivity index (χ4v) is 9.78. The van der Waals surface area contributed by atoms with Gasteiger partial charge in [-0.3, -0.25) is 9.59 Å². The Bertz CT molecular complexity index is 1150. The van der Waals surface area contributed by atoms with Crippen molar-refractivity contribution in [1.82, 2.24) is 5.32 Å². The van der Waals surface area contributed by atoms with Crippen LogP contribution in [-0.4, -0.2) is 47.4 Å². The highest BCUT2D eigenvalue weighted by molar-refractivity contribution is 5.76. The molecule has 0 aliphatic rings. The third-order valence-corrected chi connectivity index (χ3v) is 14.7. The SMILES string of the molecule is CCCCC/C=C\C/C=C\CCCCCCCC(=O)OCCCCCCCC/C=C\CCCCCCCCCC(=O)NC(CO)C(O)CCCCCCCCCCCCCCCCCCCCCCCC. The zero-order valence-electron chi connectivity index (χ0n) is 47.7. The van der Waals surface area contributed by atoms with Crippen LogP contribution in [0.3, 0.4) is 0 Å². The third-order valence-electron chi connectivity index (χ3n) is 14.7. The smallest absolute Gasteiger partial charge is 0.305 e. The minimum Gasteiger partial charge on any atom is -0.466 e. The molecule has 1 amide bonds. The quantitative estimate of drug-likeness (QED) is 0.0321. The Balaban J connectivity index is 3.46. The Labute approximate surface area is 443 Å². The van der Waals surface area contributed by atoms with Gasteiger partial charge in [-0.25, -0.2) is 0 Å². The van der Waals surface area contributed by atoms with Crippen LogP contribution >= 0.6 is 0 Å². The summed E-state index contributed by atoms with van der Waals surface area (Å²) in [6.45, 7) is 4.92. The lowest BCUT2D eigenvalue weighted by atomic mass is 10.0. The number of esters is 1. The summed E-state index contributed by atoms with van der Waals surface area (Å²) in [5.41, 5.74) is 0. The van der Waals surface area contributed by atoms with Crippen LogP contribution in [0.15, 0.2) is 36.5 Å². The van der Waals surface area contributed by atoms with Crippen molar-refractivity contribution in [3.05, 3.63) is 36.5 Å². The number of unbranched alkanes of at least 4 members (excludes halogenated alkanes) is 42. The summed E-state index contributed by atoms with van der Waals surface area (Å²) < 4.78 is 5.47. The van der Waals surface area contributed by atoms with Gasteiger partial charge in [0, 0.05) is 12.8 Å². The lowest BCUT2D eigenvalue weighted by Crippen LogP contribution is -2.45. The normalized spacial score (nSPS) is 12.8. The van der Waals surface area contributed by atoms with Gasteiger partial charge >= 0.3 is 5.97 Å². The van der Waals surface area contributed by atoms with Crippen molar-refractivity contribution < 1.29 is 24.5 Å². The fraction of sp³-hybridized carbons (Fsp3) is 0.877. The van der Waals surface area contributed by atoms with Crippen LogP contribution in [0.5, 0.6) is 0 Å². The predicted octanol–water partition coefficient (Wildman–Crippen LogP) is 20.0. The van der Waals surface area contributed by atoms with Crippen molar-refractivity contribution in [3.63, 3.8) is 0 Å². The Hall–Kier alpha value is -1.92. The standard InChI is InChI=1S/C65H123NO5/c1-3-5-7-9-11-13-15-17-19-20-21-22-23-24-26-30-33-37-41-45-49-53-57-63(68)62(61-67)66-64(69)58-54-50-46-42-38-34-31-27-25-28-32-36-40-44-48-52-56-60-71-65(70)59-55-51-47-43-39-35-29-18-16-14-12-10-8-6-4-2/h12,14,18,25,28-29,62-63,67-68H,3-11,13,15-17,19-24,26-27,30-61H2,1-2H3,(H,66,69)/b14-12-,28-25-,29-18-. The number of aliphatic hydroxyl groups excluding tert-OH is 2. The zero-order chi connectivity index (χ0) is 51.4. The molecule has 71 heavy (non-hydrogen) atoms. The minimum atomic E-state index is -0.674. The van der Waals surface area contributed by atoms with Crippen LogP contribution in [-0.2, 0) is 14.3 Å². The molecule has 0 aromatic rings. The second-order valence-electron chi connectivity index (χ2n) is 21.7. The molecule has 0 aromatic heterocycles. The molecule has 0 aromatic carbocycles. The highest BCUT2D eigenvalue weighted by Gasteiger charge is 2.20. The molecule has 0 fully saturated rings. The molecule has 0 aliphatic heterocycles. The van der Waals surface area contributed by atoms with Crippen LogP contribution in [0.4, 0.5) is 0 Å². The van der Waals surface area contributed by atoms with Crippen LogP contribution < -0.4 is 5.32 Å². The van der Waals surface area contributed by atoms with Gasteiger partial charge in [-0.05, 0) is 83.5 Å². The van der Waals surface area contributed by atoms with E-state index in [-0.39, 0.29) is 18.5 Å². The number of hydrogen-bond donors (Lipinski definition) is 3. The van der Waals surface area contributed by atoms with Crippen molar-refractivity contribution in [2.24, 2.45) is 0 Å². The van der Waals surface area contributed by atoms with Gasteiger partial charge in [-0.15, -0.1) is 0 Å². The van der Waals surface area contributed by atoms with Crippen molar-refractivity contribution in [1.29, 1.82) is 0 Å². The topological polar surface area (TPSA) is 95.9 Å². The highest BCUT2D eigenvalue weighted by atomic mass is 16.5. The molecule has 0 radical (unpaired) electrons. The van der Waals surface area contributed by atoms with Gasteiger partial charge in [0.2, 0.25) is 5.91 Å². The van der Waals surface area contributed by atoms with Gasteiger partial charge < -0.3 is 20.3 Å².